The summed E-state index contributed by atoms with van der Waals surface area (Å²) in [4.78, 5) is 0. The third-order valence-corrected chi connectivity index (χ3v) is 3.13. The van der Waals surface area contributed by atoms with E-state index < -0.39 is 6.10 Å². The van der Waals surface area contributed by atoms with E-state index in [9.17, 15) is 5.11 Å². The van der Waals surface area contributed by atoms with E-state index in [1.165, 1.54) is 5.56 Å². The number of aliphatic hydroxyl groups is 1. The van der Waals surface area contributed by atoms with Gasteiger partial charge in [-0.3, -0.25) is 4.68 Å². The quantitative estimate of drug-likeness (QED) is 0.878. The molecule has 2 rings (SSSR count). The SMILES string of the molecule is CCCc1ccc(C(O)c2cnn(CC)c2)cc1. The molecule has 0 saturated heterocycles. The number of rotatable bonds is 5. The first-order valence-electron chi connectivity index (χ1n) is 6.53. The van der Waals surface area contributed by atoms with E-state index >= 15 is 0 Å². The van der Waals surface area contributed by atoms with E-state index in [-0.39, 0.29) is 0 Å². The summed E-state index contributed by atoms with van der Waals surface area (Å²) in [6, 6.07) is 8.18. The number of benzene rings is 1. The van der Waals surface area contributed by atoms with Crippen molar-refractivity contribution < 1.29 is 5.11 Å². The Balaban J connectivity index is 2.14. The molecule has 0 aliphatic rings. The maximum Gasteiger partial charge on any atom is 0.107 e. The van der Waals surface area contributed by atoms with Gasteiger partial charge < -0.3 is 5.11 Å². The lowest BCUT2D eigenvalue weighted by atomic mass is 10.0. The summed E-state index contributed by atoms with van der Waals surface area (Å²) in [6.45, 7) is 5.02. The lowest BCUT2D eigenvalue weighted by Gasteiger charge is -2.09. The van der Waals surface area contributed by atoms with Crippen LogP contribution >= 0.6 is 0 Å². The van der Waals surface area contributed by atoms with Gasteiger partial charge in [0.15, 0.2) is 0 Å². The molecule has 0 aliphatic heterocycles. The Hall–Kier alpha value is -1.61. The second kappa shape index (κ2) is 5.83. The highest BCUT2D eigenvalue weighted by Gasteiger charge is 2.12. The van der Waals surface area contributed by atoms with Gasteiger partial charge in [-0.05, 0) is 24.5 Å². The third-order valence-electron chi connectivity index (χ3n) is 3.13. The first kappa shape index (κ1) is 12.8. The Morgan fingerprint density at radius 1 is 1.17 bits per heavy atom. The average molecular weight is 244 g/mol. The second-order valence-corrected chi connectivity index (χ2v) is 4.52. The van der Waals surface area contributed by atoms with Gasteiger partial charge in [0.25, 0.3) is 0 Å². The molecule has 1 N–H and O–H groups in total. The summed E-state index contributed by atoms with van der Waals surface area (Å²) in [5.41, 5.74) is 3.09. The van der Waals surface area contributed by atoms with Gasteiger partial charge in [0.2, 0.25) is 0 Å². The molecule has 0 saturated carbocycles. The molecule has 1 atom stereocenters. The fraction of sp³-hybridized carbons (Fsp3) is 0.400. The summed E-state index contributed by atoms with van der Waals surface area (Å²) in [5, 5.41) is 14.5. The molecule has 2 aromatic rings. The Kier molecular flexibility index (Phi) is 4.15. The van der Waals surface area contributed by atoms with Crippen LogP contribution in [0.4, 0.5) is 0 Å². The fourth-order valence-corrected chi connectivity index (χ4v) is 2.04. The summed E-state index contributed by atoms with van der Waals surface area (Å²) in [7, 11) is 0. The Morgan fingerprint density at radius 3 is 2.44 bits per heavy atom. The number of aliphatic hydroxyl groups excluding tert-OH is 1. The van der Waals surface area contributed by atoms with Gasteiger partial charge in [-0.1, -0.05) is 37.6 Å². The van der Waals surface area contributed by atoms with Crippen molar-refractivity contribution in [3.05, 3.63) is 53.3 Å². The highest BCUT2D eigenvalue weighted by Crippen LogP contribution is 2.21. The molecular weight excluding hydrogens is 224 g/mol. The van der Waals surface area contributed by atoms with Gasteiger partial charge in [-0.2, -0.15) is 5.10 Å². The molecule has 1 heterocycles. The van der Waals surface area contributed by atoms with Crippen LogP contribution in [-0.4, -0.2) is 14.9 Å². The van der Waals surface area contributed by atoms with Crippen LogP contribution in [0.15, 0.2) is 36.7 Å². The van der Waals surface area contributed by atoms with E-state index in [1.54, 1.807) is 6.20 Å². The molecule has 0 radical (unpaired) electrons. The van der Waals surface area contributed by atoms with Crippen molar-refractivity contribution in [2.75, 3.05) is 0 Å². The molecule has 0 aliphatic carbocycles. The number of hydrogen-bond donors (Lipinski definition) is 1. The van der Waals surface area contributed by atoms with Crippen LogP contribution in [0.5, 0.6) is 0 Å². The summed E-state index contributed by atoms with van der Waals surface area (Å²) >= 11 is 0. The lowest BCUT2D eigenvalue weighted by Crippen LogP contribution is -1.99. The first-order valence-corrected chi connectivity index (χ1v) is 6.53. The van der Waals surface area contributed by atoms with Gasteiger partial charge in [-0.25, -0.2) is 0 Å². The number of aryl methyl sites for hydroxylation is 2. The van der Waals surface area contributed by atoms with E-state index in [0.29, 0.717) is 0 Å². The van der Waals surface area contributed by atoms with Crippen LogP contribution in [0.2, 0.25) is 0 Å². The highest BCUT2D eigenvalue weighted by atomic mass is 16.3. The zero-order valence-electron chi connectivity index (χ0n) is 11.0. The summed E-state index contributed by atoms with van der Waals surface area (Å²) in [6.07, 6.45) is 5.27. The number of nitrogens with zero attached hydrogens (tertiary/aromatic N) is 2. The number of hydrogen-bond acceptors (Lipinski definition) is 2. The fourth-order valence-electron chi connectivity index (χ4n) is 2.04. The standard InChI is InChI=1S/C15H20N2O/c1-3-5-12-6-8-13(9-7-12)15(18)14-10-16-17(4-2)11-14/h6-11,15,18H,3-5H2,1-2H3. The van der Waals surface area contributed by atoms with E-state index in [1.807, 2.05) is 29.9 Å². The maximum atomic E-state index is 10.3. The van der Waals surface area contributed by atoms with Crippen molar-refractivity contribution >= 4 is 0 Å². The minimum absolute atomic E-state index is 0.582. The molecule has 1 aromatic carbocycles. The van der Waals surface area contributed by atoms with E-state index in [0.717, 1.165) is 30.5 Å². The molecule has 0 fully saturated rings. The molecular formula is C15H20N2O. The highest BCUT2D eigenvalue weighted by molar-refractivity contribution is 5.30. The molecule has 3 heteroatoms. The van der Waals surface area contributed by atoms with Gasteiger partial charge >= 0.3 is 0 Å². The molecule has 1 aromatic heterocycles. The molecule has 18 heavy (non-hydrogen) atoms. The molecule has 0 amide bonds. The van der Waals surface area contributed by atoms with Gasteiger partial charge in [0, 0.05) is 18.3 Å². The molecule has 0 spiro atoms. The zero-order valence-corrected chi connectivity index (χ0v) is 11.0. The number of aromatic nitrogens is 2. The normalized spacial score (nSPS) is 12.6. The van der Waals surface area contributed by atoms with Crippen molar-refractivity contribution in [2.45, 2.75) is 39.3 Å². The van der Waals surface area contributed by atoms with Crippen LogP contribution in [0.1, 0.15) is 43.1 Å². The minimum Gasteiger partial charge on any atom is -0.384 e. The first-order chi connectivity index (χ1) is 8.74. The van der Waals surface area contributed by atoms with Crippen LogP contribution in [0.25, 0.3) is 0 Å². The Morgan fingerprint density at radius 2 is 1.89 bits per heavy atom. The largest absolute Gasteiger partial charge is 0.384 e. The van der Waals surface area contributed by atoms with Crippen molar-refractivity contribution in [1.82, 2.24) is 9.78 Å². The Labute approximate surface area is 108 Å². The molecule has 1 unspecified atom stereocenters. The van der Waals surface area contributed by atoms with Gasteiger partial charge in [0.05, 0.1) is 6.20 Å². The average Bonchev–Trinajstić information content (AvgIpc) is 2.88. The van der Waals surface area contributed by atoms with E-state index in [2.05, 4.69) is 24.2 Å². The zero-order chi connectivity index (χ0) is 13.0. The van der Waals surface area contributed by atoms with E-state index in [4.69, 9.17) is 0 Å². The van der Waals surface area contributed by atoms with Crippen LogP contribution in [0, 0.1) is 0 Å². The molecule has 0 bridgehead atoms. The van der Waals surface area contributed by atoms with Crippen LogP contribution in [-0.2, 0) is 13.0 Å². The van der Waals surface area contributed by atoms with Crippen molar-refractivity contribution in [3.8, 4) is 0 Å². The van der Waals surface area contributed by atoms with Gasteiger partial charge in [0.1, 0.15) is 6.10 Å². The van der Waals surface area contributed by atoms with Crippen LogP contribution in [0.3, 0.4) is 0 Å². The molecule has 3 nitrogen and oxygen atoms in total. The predicted molar refractivity (Wildman–Crippen MR) is 72.4 cm³/mol. The van der Waals surface area contributed by atoms with Crippen molar-refractivity contribution in [2.24, 2.45) is 0 Å². The minimum atomic E-state index is -0.582. The topological polar surface area (TPSA) is 38.1 Å². The lowest BCUT2D eigenvalue weighted by molar-refractivity contribution is 0.220. The Bertz CT molecular complexity index is 487. The van der Waals surface area contributed by atoms with Crippen molar-refractivity contribution in [1.29, 1.82) is 0 Å². The summed E-state index contributed by atoms with van der Waals surface area (Å²) < 4.78 is 1.82. The maximum absolute atomic E-state index is 10.3. The van der Waals surface area contributed by atoms with Crippen LogP contribution < -0.4 is 0 Å². The second-order valence-electron chi connectivity index (χ2n) is 4.52. The van der Waals surface area contributed by atoms with Gasteiger partial charge in [-0.15, -0.1) is 0 Å². The van der Waals surface area contributed by atoms with Crippen molar-refractivity contribution in [3.63, 3.8) is 0 Å². The third kappa shape index (κ3) is 2.79. The smallest absolute Gasteiger partial charge is 0.107 e. The summed E-state index contributed by atoms with van der Waals surface area (Å²) in [5.74, 6) is 0. The molecule has 96 valence electrons. The monoisotopic (exact) mass is 244 g/mol. The predicted octanol–water partition coefficient (Wildman–Crippen LogP) is 2.94.